The number of nitrogens with zero attached hydrogens (tertiary/aromatic N) is 2. The zero-order valence-corrected chi connectivity index (χ0v) is 33.0. The first-order valence-corrected chi connectivity index (χ1v) is 21.3. The number of para-hydroxylation sites is 3. The molecule has 0 amide bonds. The van der Waals surface area contributed by atoms with Crippen molar-refractivity contribution < 1.29 is 0 Å². The Bertz CT molecular complexity index is 3550. The first kappa shape index (κ1) is 33.3. The highest BCUT2D eigenvalue weighted by Gasteiger charge is 2.16. The van der Waals surface area contributed by atoms with Crippen LogP contribution in [-0.4, -0.2) is 9.13 Å². The van der Waals surface area contributed by atoms with Crippen LogP contribution in [-0.2, 0) is 0 Å². The van der Waals surface area contributed by atoms with Crippen LogP contribution in [0.2, 0.25) is 0 Å². The lowest BCUT2D eigenvalue weighted by Crippen LogP contribution is -1.94. The molecule has 3 heterocycles. The van der Waals surface area contributed by atoms with Crippen molar-refractivity contribution in [2.24, 2.45) is 0 Å². The molecule has 0 aliphatic carbocycles. The van der Waals surface area contributed by atoms with Gasteiger partial charge in [0.25, 0.3) is 0 Å². The number of fused-ring (bicyclic) bond motifs is 9. The van der Waals surface area contributed by atoms with E-state index in [9.17, 15) is 0 Å². The van der Waals surface area contributed by atoms with Gasteiger partial charge in [0.2, 0.25) is 0 Å². The maximum atomic E-state index is 2.42. The fourth-order valence-corrected chi connectivity index (χ4v) is 10.9. The van der Waals surface area contributed by atoms with Gasteiger partial charge in [-0.2, -0.15) is 0 Å². The minimum absolute atomic E-state index is 1.15. The Kier molecular flexibility index (Phi) is 7.68. The molecule has 0 radical (unpaired) electrons. The van der Waals surface area contributed by atoms with E-state index in [1.54, 1.807) is 0 Å². The largest absolute Gasteiger partial charge is 0.309 e. The first-order chi connectivity index (χ1) is 28.7. The summed E-state index contributed by atoms with van der Waals surface area (Å²) in [6, 6.07) is 75.6. The molecule has 0 unspecified atom stereocenters. The molecule has 12 rings (SSSR count). The number of hydrogen-bond acceptors (Lipinski definition) is 2. The number of aromatic nitrogens is 2. The third-order valence-corrected chi connectivity index (χ3v) is 13.7. The fraction of sp³-hybridized carbons (Fsp3) is 0. The van der Waals surface area contributed by atoms with E-state index in [1.165, 1.54) is 102 Å². The Morgan fingerprint density at radius 1 is 0.293 bits per heavy atom. The number of hydrogen-bond donors (Lipinski definition) is 0. The van der Waals surface area contributed by atoms with Crippen LogP contribution in [0.5, 0.6) is 0 Å². The Hall–Kier alpha value is -6.85. The lowest BCUT2D eigenvalue weighted by Gasteiger charge is -2.12. The molecule has 272 valence electrons. The molecule has 0 aliphatic heterocycles. The highest BCUT2D eigenvalue weighted by Crippen LogP contribution is 2.41. The maximum absolute atomic E-state index is 2.42. The van der Waals surface area contributed by atoms with Crippen molar-refractivity contribution >= 4 is 86.9 Å². The van der Waals surface area contributed by atoms with Gasteiger partial charge in [0, 0.05) is 62.9 Å². The minimum atomic E-state index is 1.15. The first-order valence-electron chi connectivity index (χ1n) is 19.7. The SMILES string of the molecule is c1ccc(-n2c3ccccc3c3cc(Sc4ccc5c(c4)c4ccccc4n5-c4cccc(-c5cccc(-c6ccc7sc8ccccc8c7c6)c5)c4)ccc32)cc1. The summed E-state index contributed by atoms with van der Waals surface area (Å²) in [6.45, 7) is 0. The van der Waals surface area contributed by atoms with Crippen LogP contribution in [0.25, 0.3) is 97.4 Å². The Balaban J connectivity index is 0.910. The molecule has 12 aromatic rings. The van der Waals surface area contributed by atoms with Gasteiger partial charge in [0.1, 0.15) is 0 Å². The Morgan fingerprint density at radius 3 is 1.48 bits per heavy atom. The van der Waals surface area contributed by atoms with Gasteiger partial charge in [-0.05, 0) is 119 Å². The summed E-state index contributed by atoms with van der Waals surface area (Å²) in [5, 5.41) is 7.70. The predicted octanol–water partition coefficient (Wildman–Crippen LogP) is 15.7. The van der Waals surface area contributed by atoms with Gasteiger partial charge in [-0.15, -0.1) is 11.3 Å². The monoisotopic (exact) mass is 774 g/mol. The van der Waals surface area contributed by atoms with Crippen LogP contribution in [0.1, 0.15) is 0 Å². The van der Waals surface area contributed by atoms with Crippen molar-refractivity contribution in [1.29, 1.82) is 0 Å². The summed E-state index contributed by atoms with van der Waals surface area (Å²) in [5.41, 5.74) is 12.1. The highest BCUT2D eigenvalue weighted by atomic mass is 32.2. The zero-order chi connectivity index (χ0) is 38.2. The highest BCUT2D eigenvalue weighted by molar-refractivity contribution is 7.99. The van der Waals surface area contributed by atoms with Crippen molar-refractivity contribution in [1.82, 2.24) is 9.13 Å². The van der Waals surface area contributed by atoms with Crippen LogP contribution in [0, 0.1) is 0 Å². The van der Waals surface area contributed by atoms with Crippen molar-refractivity contribution in [3.05, 3.63) is 206 Å². The second-order valence-electron chi connectivity index (χ2n) is 14.9. The third-order valence-electron chi connectivity index (χ3n) is 11.5. The molecule has 0 saturated carbocycles. The Labute approximate surface area is 343 Å². The number of benzene rings is 9. The summed E-state index contributed by atoms with van der Waals surface area (Å²) in [6.07, 6.45) is 0. The van der Waals surface area contributed by atoms with Gasteiger partial charge in [0.05, 0.1) is 22.1 Å². The summed E-state index contributed by atoms with van der Waals surface area (Å²) in [7, 11) is 0. The van der Waals surface area contributed by atoms with Gasteiger partial charge in [0.15, 0.2) is 0 Å². The average Bonchev–Trinajstić information content (AvgIpc) is 3.94. The Morgan fingerprint density at radius 2 is 0.793 bits per heavy atom. The van der Waals surface area contributed by atoms with Crippen molar-refractivity contribution in [2.75, 3.05) is 0 Å². The second-order valence-corrected chi connectivity index (χ2v) is 17.2. The van der Waals surface area contributed by atoms with Gasteiger partial charge >= 0.3 is 0 Å². The molecule has 0 aliphatic rings. The van der Waals surface area contributed by atoms with Crippen LogP contribution in [0.4, 0.5) is 0 Å². The van der Waals surface area contributed by atoms with Gasteiger partial charge in [-0.3, -0.25) is 0 Å². The van der Waals surface area contributed by atoms with E-state index in [2.05, 4.69) is 215 Å². The van der Waals surface area contributed by atoms with Crippen molar-refractivity contribution in [2.45, 2.75) is 9.79 Å². The molecular formula is C54H34N2S2. The normalized spacial score (nSPS) is 11.9. The predicted molar refractivity (Wildman–Crippen MR) is 249 cm³/mol. The molecule has 0 atom stereocenters. The lowest BCUT2D eigenvalue weighted by molar-refractivity contribution is 1.18. The molecule has 58 heavy (non-hydrogen) atoms. The van der Waals surface area contributed by atoms with E-state index in [4.69, 9.17) is 0 Å². The molecule has 0 N–H and O–H groups in total. The standard InChI is InChI=1S/C54H34N2S2/c1-2-15-39(16-3-1)55-49-21-7-4-18-43(49)46-33-41(25-27-51(46)55)57-42-26-28-52-47(34-42)44-19-5-8-22-50(44)56(52)40-17-11-14-37(31-40)35-12-10-13-36(30-35)38-24-29-54-48(32-38)45-20-6-9-23-53(45)58-54/h1-34H. The molecule has 0 spiro atoms. The lowest BCUT2D eigenvalue weighted by atomic mass is 9.97. The summed E-state index contributed by atoms with van der Waals surface area (Å²) in [4.78, 5) is 2.45. The molecule has 0 bridgehead atoms. The number of thiophene rings is 1. The smallest absolute Gasteiger partial charge is 0.0541 e. The van der Waals surface area contributed by atoms with Gasteiger partial charge in [-0.1, -0.05) is 121 Å². The number of rotatable bonds is 6. The van der Waals surface area contributed by atoms with Crippen molar-refractivity contribution in [3.8, 4) is 33.6 Å². The van der Waals surface area contributed by atoms with Crippen LogP contribution in [0.3, 0.4) is 0 Å². The van der Waals surface area contributed by atoms with Crippen LogP contribution >= 0.6 is 23.1 Å². The molecule has 2 nitrogen and oxygen atoms in total. The second kappa shape index (κ2) is 13.4. The molecular weight excluding hydrogens is 741 g/mol. The molecule has 9 aromatic carbocycles. The summed E-state index contributed by atoms with van der Waals surface area (Å²) < 4.78 is 7.46. The fourth-order valence-electron chi connectivity index (χ4n) is 8.91. The maximum Gasteiger partial charge on any atom is 0.0541 e. The van der Waals surface area contributed by atoms with E-state index < -0.39 is 0 Å². The van der Waals surface area contributed by atoms with E-state index in [1.807, 2.05) is 23.1 Å². The summed E-state index contributed by atoms with van der Waals surface area (Å²) >= 11 is 3.69. The zero-order valence-electron chi connectivity index (χ0n) is 31.3. The molecule has 0 fully saturated rings. The van der Waals surface area contributed by atoms with E-state index >= 15 is 0 Å². The van der Waals surface area contributed by atoms with E-state index in [0.717, 1.165) is 5.69 Å². The van der Waals surface area contributed by atoms with Crippen LogP contribution < -0.4 is 0 Å². The summed E-state index contributed by atoms with van der Waals surface area (Å²) in [5.74, 6) is 0. The third kappa shape index (κ3) is 5.41. The van der Waals surface area contributed by atoms with E-state index in [0.29, 0.717) is 0 Å². The molecule has 0 saturated heterocycles. The quantitative estimate of drug-likeness (QED) is 0.164. The van der Waals surface area contributed by atoms with Gasteiger partial charge in [-0.25, -0.2) is 0 Å². The average molecular weight is 775 g/mol. The minimum Gasteiger partial charge on any atom is -0.309 e. The molecule has 3 aromatic heterocycles. The van der Waals surface area contributed by atoms with Gasteiger partial charge < -0.3 is 9.13 Å². The topological polar surface area (TPSA) is 9.86 Å². The van der Waals surface area contributed by atoms with Crippen molar-refractivity contribution in [3.63, 3.8) is 0 Å². The van der Waals surface area contributed by atoms with E-state index in [-0.39, 0.29) is 0 Å². The molecule has 4 heteroatoms. The van der Waals surface area contributed by atoms with Crippen LogP contribution in [0.15, 0.2) is 216 Å².